The standard InChI is InChI=1S/C19H19BrFN3/c20-18-12-16(4-7-19(18)21)14-23-8-1-9-24(11-10-23)17-5-2-15(13-22)3-6-17/h2-7,12H,1,8-11,14H2. The first-order valence-corrected chi connectivity index (χ1v) is 8.86. The van der Waals surface area contributed by atoms with Crippen molar-refractivity contribution in [1.82, 2.24) is 4.90 Å². The molecule has 0 saturated carbocycles. The Morgan fingerprint density at radius 2 is 1.83 bits per heavy atom. The molecule has 0 radical (unpaired) electrons. The third-order valence-corrected chi connectivity index (χ3v) is 4.95. The Balaban J connectivity index is 1.62. The first-order valence-electron chi connectivity index (χ1n) is 8.07. The summed E-state index contributed by atoms with van der Waals surface area (Å²) in [6.45, 7) is 4.79. The van der Waals surface area contributed by atoms with Crippen molar-refractivity contribution in [2.24, 2.45) is 0 Å². The van der Waals surface area contributed by atoms with Gasteiger partial charge in [-0.25, -0.2) is 4.39 Å². The number of halogens is 2. The number of nitriles is 1. The van der Waals surface area contributed by atoms with E-state index in [0.717, 1.165) is 44.7 Å². The Bertz CT molecular complexity index is 739. The molecular weight excluding hydrogens is 369 g/mol. The Morgan fingerprint density at radius 1 is 1.04 bits per heavy atom. The highest BCUT2D eigenvalue weighted by molar-refractivity contribution is 9.10. The van der Waals surface area contributed by atoms with Crippen LogP contribution in [0.2, 0.25) is 0 Å². The van der Waals surface area contributed by atoms with Gasteiger partial charge in [0.25, 0.3) is 0 Å². The molecule has 24 heavy (non-hydrogen) atoms. The molecule has 0 aromatic heterocycles. The van der Waals surface area contributed by atoms with E-state index in [4.69, 9.17) is 5.26 Å². The van der Waals surface area contributed by atoms with Crippen LogP contribution in [-0.2, 0) is 6.54 Å². The van der Waals surface area contributed by atoms with Crippen LogP contribution < -0.4 is 4.90 Å². The number of benzene rings is 2. The van der Waals surface area contributed by atoms with Crippen molar-refractivity contribution in [2.45, 2.75) is 13.0 Å². The zero-order valence-electron chi connectivity index (χ0n) is 13.4. The van der Waals surface area contributed by atoms with Crippen molar-refractivity contribution >= 4 is 21.6 Å². The molecule has 1 aliphatic rings. The van der Waals surface area contributed by atoms with E-state index in [2.05, 4.69) is 31.8 Å². The van der Waals surface area contributed by atoms with Gasteiger partial charge in [-0.2, -0.15) is 5.26 Å². The summed E-state index contributed by atoms with van der Waals surface area (Å²) < 4.78 is 13.9. The minimum Gasteiger partial charge on any atom is -0.370 e. The molecule has 0 atom stereocenters. The molecule has 1 saturated heterocycles. The average Bonchev–Trinajstić information content (AvgIpc) is 2.84. The highest BCUT2D eigenvalue weighted by atomic mass is 79.9. The van der Waals surface area contributed by atoms with Crippen LogP contribution in [0.3, 0.4) is 0 Å². The maximum absolute atomic E-state index is 13.3. The fourth-order valence-electron chi connectivity index (χ4n) is 3.03. The van der Waals surface area contributed by atoms with Gasteiger partial charge in [-0.15, -0.1) is 0 Å². The molecule has 5 heteroatoms. The van der Waals surface area contributed by atoms with Crippen LogP contribution in [0.1, 0.15) is 17.5 Å². The summed E-state index contributed by atoms with van der Waals surface area (Å²) in [4.78, 5) is 4.77. The van der Waals surface area contributed by atoms with Crippen LogP contribution in [0.4, 0.5) is 10.1 Å². The molecule has 0 unspecified atom stereocenters. The average molecular weight is 388 g/mol. The van der Waals surface area contributed by atoms with Crippen molar-refractivity contribution in [3.8, 4) is 6.07 Å². The van der Waals surface area contributed by atoms with E-state index < -0.39 is 0 Å². The summed E-state index contributed by atoms with van der Waals surface area (Å²) in [6, 6.07) is 15.2. The maximum atomic E-state index is 13.3. The second kappa shape index (κ2) is 7.78. The molecule has 2 aromatic rings. The summed E-state index contributed by atoms with van der Waals surface area (Å²) in [5.41, 5.74) is 2.98. The molecule has 124 valence electrons. The van der Waals surface area contributed by atoms with E-state index in [1.54, 1.807) is 0 Å². The molecule has 0 spiro atoms. The molecule has 1 heterocycles. The van der Waals surface area contributed by atoms with E-state index in [1.807, 2.05) is 36.4 Å². The van der Waals surface area contributed by atoms with Crippen LogP contribution >= 0.6 is 15.9 Å². The second-order valence-electron chi connectivity index (χ2n) is 6.02. The fraction of sp³-hybridized carbons (Fsp3) is 0.316. The van der Waals surface area contributed by atoms with Gasteiger partial charge in [0.05, 0.1) is 16.1 Å². The molecule has 0 aliphatic carbocycles. The van der Waals surface area contributed by atoms with E-state index in [9.17, 15) is 4.39 Å². The molecule has 0 N–H and O–H groups in total. The van der Waals surface area contributed by atoms with Gasteiger partial charge in [0.2, 0.25) is 0 Å². The minimum atomic E-state index is -0.221. The van der Waals surface area contributed by atoms with Gasteiger partial charge in [-0.05, 0) is 64.3 Å². The van der Waals surface area contributed by atoms with Crippen molar-refractivity contribution < 1.29 is 4.39 Å². The molecule has 1 aliphatic heterocycles. The maximum Gasteiger partial charge on any atom is 0.137 e. The predicted molar refractivity (Wildman–Crippen MR) is 97.4 cm³/mol. The third kappa shape index (κ3) is 4.14. The van der Waals surface area contributed by atoms with Crippen LogP contribution in [0, 0.1) is 17.1 Å². The van der Waals surface area contributed by atoms with Crippen LogP contribution in [-0.4, -0.2) is 31.1 Å². The lowest BCUT2D eigenvalue weighted by Gasteiger charge is -2.23. The fourth-order valence-corrected chi connectivity index (χ4v) is 3.46. The van der Waals surface area contributed by atoms with Crippen molar-refractivity contribution in [2.75, 3.05) is 31.1 Å². The van der Waals surface area contributed by atoms with Gasteiger partial charge in [0.15, 0.2) is 0 Å². The molecule has 1 fully saturated rings. The lowest BCUT2D eigenvalue weighted by molar-refractivity contribution is 0.285. The van der Waals surface area contributed by atoms with Crippen molar-refractivity contribution in [3.63, 3.8) is 0 Å². The van der Waals surface area contributed by atoms with Crippen LogP contribution in [0.25, 0.3) is 0 Å². The van der Waals surface area contributed by atoms with E-state index >= 15 is 0 Å². The van der Waals surface area contributed by atoms with Gasteiger partial charge in [0, 0.05) is 38.4 Å². The van der Waals surface area contributed by atoms with Gasteiger partial charge >= 0.3 is 0 Å². The molecular formula is C19H19BrFN3. The summed E-state index contributed by atoms with van der Waals surface area (Å²) in [5.74, 6) is -0.221. The summed E-state index contributed by atoms with van der Waals surface area (Å²) in [5, 5.41) is 8.90. The first-order chi connectivity index (χ1) is 11.7. The summed E-state index contributed by atoms with van der Waals surface area (Å²) >= 11 is 3.25. The van der Waals surface area contributed by atoms with E-state index in [-0.39, 0.29) is 5.82 Å². The van der Waals surface area contributed by atoms with Gasteiger partial charge in [-0.1, -0.05) is 6.07 Å². The number of nitrogens with zero attached hydrogens (tertiary/aromatic N) is 3. The largest absolute Gasteiger partial charge is 0.370 e. The lowest BCUT2D eigenvalue weighted by Crippen LogP contribution is -2.30. The van der Waals surface area contributed by atoms with Gasteiger partial charge in [0.1, 0.15) is 5.82 Å². The zero-order valence-corrected chi connectivity index (χ0v) is 15.0. The lowest BCUT2D eigenvalue weighted by atomic mass is 10.2. The quantitative estimate of drug-likeness (QED) is 0.791. The third-order valence-electron chi connectivity index (χ3n) is 4.34. The first kappa shape index (κ1) is 16.9. The minimum absolute atomic E-state index is 0.221. The number of hydrogen-bond acceptors (Lipinski definition) is 3. The molecule has 3 rings (SSSR count). The highest BCUT2D eigenvalue weighted by Crippen LogP contribution is 2.20. The van der Waals surface area contributed by atoms with Gasteiger partial charge in [-0.3, -0.25) is 4.90 Å². The second-order valence-corrected chi connectivity index (χ2v) is 6.88. The van der Waals surface area contributed by atoms with Crippen LogP contribution in [0.15, 0.2) is 46.9 Å². The van der Waals surface area contributed by atoms with E-state index in [1.165, 1.54) is 11.8 Å². The highest BCUT2D eigenvalue weighted by Gasteiger charge is 2.16. The number of anilines is 1. The SMILES string of the molecule is N#Cc1ccc(N2CCCN(Cc3ccc(F)c(Br)c3)CC2)cc1. The molecule has 0 amide bonds. The summed E-state index contributed by atoms with van der Waals surface area (Å²) in [7, 11) is 0. The predicted octanol–water partition coefficient (Wildman–Crippen LogP) is 4.17. The Morgan fingerprint density at radius 3 is 2.54 bits per heavy atom. The summed E-state index contributed by atoms with van der Waals surface area (Å²) in [6.07, 6.45) is 1.09. The zero-order chi connectivity index (χ0) is 16.9. The normalized spacial score (nSPS) is 15.8. The molecule has 2 aromatic carbocycles. The topological polar surface area (TPSA) is 30.3 Å². The smallest absolute Gasteiger partial charge is 0.137 e. The monoisotopic (exact) mass is 387 g/mol. The molecule has 0 bridgehead atoms. The molecule has 3 nitrogen and oxygen atoms in total. The number of rotatable bonds is 3. The Kier molecular flexibility index (Phi) is 5.49. The van der Waals surface area contributed by atoms with Gasteiger partial charge < -0.3 is 4.90 Å². The van der Waals surface area contributed by atoms with Crippen molar-refractivity contribution in [3.05, 3.63) is 63.9 Å². The Hall–Kier alpha value is -1.90. The Labute approximate surface area is 150 Å². The number of hydrogen-bond donors (Lipinski definition) is 0. The van der Waals surface area contributed by atoms with E-state index in [0.29, 0.717) is 10.0 Å². The van der Waals surface area contributed by atoms with Crippen LogP contribution in [0.5, 0.6) is 0 Å². The van der Waals surface area contributed by atoms with Crippen molar-refractivity contribution in [1.29, 1.82) is 5.26 Å².